The second-order valence-electron chi connectivity index (χ2n) is 8.31. The third-order valence-electron chi connectivity index (χ3n) is 5.72. The summed E-state index contributed by atoms with van der Waals surface area (Å²) in [7, 11) is 3.94. The van der Waals surface area contributed by atoms with Gasteiger partial charge in [-0.3, -0.25) is 4.79 Å². The first-order valence-corrected chi connectivity index (χ1v) is 12.1. The number of allylic oxidation sites excluding steroid dienone is 4. The molecule has 8 heteroatoms. The molecule has 0 radical (unpaired) electrons. The highest BCUT2D eigenvalue weighted by molar-refractivity contribution is 8.00. The molecule has 2 aliphatic rings. The molecule has 33 heavy (non-hydrogen) atoms. The van der Waals surface area contributed by atoms with E-state index in [1.54, 1.807) is 0 Å². The average molecular weight is 476 g/mol. The highest BCUT2D eigenvalue weighted by atomic mass is 32.2. The lowest BCUT2D eigenvalue weighted by molar-refractivity contribution is -0.134. The van der Waals surface area contributed by atoms with Crippen molar-refractivity contribution in [1.29, 1.82) is 0 Å². The van der Waals surface area contributed by atoms with Crippen molar-refractivity contribution >= 4 is 24.4 Å². The number of ether oxygens (including phenoxy) is 1. The van der Waals surface area contributed by atoms with Crippen LogP contribution in [-0.4, -0.2) is 60.4 Å². The van der Waals surface area contributed by atoms with Gasteiger partial charge in [0.05, 0.1) is 6.61 Å². The molecule has 0 saturated heterocycles. The molecular weight excluding hydrogens is 444 g/mol. The molecule has 1 aliphatic heterocycles. The van der Waals surface area contributed by atoms with E-state index in [9.17, 15) is 13.6 Å². The number of carbonyl (C=O) groups is 1. The van der Waals surface area contributed by atoms with E-state index in [-0.39, 0.29) is 5.91 Å². The van der Waals surface area contributed by atoms with Crippen LogP contribution in [0.5, 0.6) is 0 Å². The first-order valence-electron chi connectivity index (χ1n) is 11.1. The number of hydrogen-bond acceptors (Lipinski definition) is 5. The van der Waals surface area contributed by atoms with Crippen molar-refractivity contribution in [2.75, 3.05) is 33.0 Å². The van der Waals surface area contributed by atoms with Crippen molar-refractivity contribution in [3.8, 4) is 0 Å². The van der Waals surface area contributed by atoms with E-state index in [0.29, 0.717) is 50.0 Å². The Bertz CT molecular complexity index is 961. The van der Waals surface area contributed by atoms with Gasteiger partial charge in [-0.25, -0.2) is 13.8 Å². The lowest BCUT2D eigenvalue weighted by Gasteiger charge is -2.44. The van der Waals surface area contributed by atoms with Gasteiger partial charge in [-0.1, -0.05) is 18.2 Å². The molecule has 178 valence electrons. The number of hydrogen-bond donors (Lipinski definition) is 0. The Morgan fingerprint density at radius 3 is 2.88 bits per heavy atom. The number of halogens is 2. The summed E-state index contributed by atoms with van der Waals surface area (Å²) >= 11 is 1.52. The molecule has 1 unspecified atom stereocenters. The Hall–Kier alpha value is -2.45. The molecule has 0 aromatic heterocycles. The van der Waals surface area contributed by atoms with Crippen LogP contribution in [0.25, 0.3) is 0 Å². The normalized spacial score (nSPS) is 19.8. The minimum Gasteiger partial charge on any atom is -0.493 e. The lowest BCUT2D eigenvalue weighted by Crippen LogP contribution is -2.51. The lowest BCUT2D eigenvalue weighted by atomic mass is 9.95. The van der Waals surface area contributed by atoms with Crippen LogP contribution in [0, 0.1) is 11.6 Å². The Balaban J connectivity index is 1.89. The van der Waals surface area contributed by atoms with Gasteiger partial charge in [0.25, 0.3) is 0 Å². The van der Waals surface area contributed by atoms with Crippen molar-refractivity contribution in [3.63, 3.8) is 0 Å². The molecule has 1 atom stereocenters. The smallest absolute Gasteiger partial charge is 0.244 e. The number of carbonyl (C=O) groups excluding carboxylic acids is 1. The van der Waals surface area contributed by atoms with Crippen LogP contribution in [0.2, 0.25) is 0 Å². The molecule has 1 aromatic rings. The molecule has 0 fully saturated rings. The Morgan fingerprint density at radius 2 is 2.12 bits per heavy atom. The van der Waals surface area contributed by atoms with Crippen LogP contribution < -0.4 is 0 Å². The van der Waals surface area contributed by atoms with Crippen molar-refractivity contribution in [2.24, 2.45) is 5.10 Å². The Morgan fingerprint density at radius 1 is 1.30 bits per heavy atom. The van der Waals surface area contributed by atoms with Gasteiger partial charge in [0, 0.05) is 30.9 Å². The van der Waals surface area contributed by atoms with Crippen LogP contribution in [-0.2, 0) is 16.0 Å². The summed E-state index contributed by atoms with van der Waals surface area (Å²) in [6.07, 6.45) is 10.3. The maximum Gasteiger partial charge on any atom is 0.244 e. The van der Waals surface area contributed by atoms with Crippen LogP contribution >= 0.6 is 11.8 Å². The standard InChI is InChI=1S/C25H31F2N3O2S/c1-28-30(24(31)10-7-15-29(2)3)25(14-16-32-23-9-6-4-5-8-21(23)25)33-17-13-19-18-20(26)11-12-22(19)27/h4-6,9,11-12,18H,1,7-8,10,13-17H2,2-3H3. The zero-order valence-corrected chi connectivity index (χ0v) is 20.0. The molecule has 0 saturated carbocycles. The van der Waals surface area contributed by atoms with E-state index < -0.39 is 16.5 Å². The minimum absolute atomic E-state index is 0.109. The number of aryl methyl sites for hydroxylation is 1. The van der Waals surface area contributed by atoms with Crippen LogP contribution in [0.3, 0.4) is 0 Å². The van der Waals surface area contributed by atoms with Gasteiger partial charge in [0.1, 0.15) is 22.3 Å². The summed E-state index contributed by atoms with van der Waals surface area (Å²) in [5.41, 5.74) is 1.26. The minimum atomic E-state index is -0.798. The maximum absolute atomic E-state index is 14.2. The van der Waals surface area contributed by atoms with E-state index in [4.69, 9.17) is 4.74 Å². The fourth-order valence-corrected chi connectivity index (χ4v) is 5.64. The molecule has 3 rings (SSSR count). The first-order chi connectivity index (χ1) is 15.9. The molecule has 5 nitrogen and oxygen atoms in total. The Kier molecular flexibility index (Phi) is 8.86. The van der Waals surface area contributed by atoms with Crippen molar-refractivity contribution in [1.82, 2.24) is 9.91 Å². The van der Waals surface area contributed by atoms with E-state index >= 15 is 0 Å². The van der Waals surface area contributed by atoms with Gasteiger partial charge in [0.2, 0.25) is 5.91 Å². The number of amides is 1. The summed E-state index contributed by atoms with van der Waals surface area (Å²) < 4.78 is 33.8. The summed E-state index contributed by atoms with van der Waals surface area (Å²) in [4.78, 5) is 14.5. The predicted octanol–water partition coefficient (Wildman–Crippen LogP) is 4.91. The zero-order valence-electron chi connectivity index (χ0n) is 19.2. The van der Waals surface area contributed by atoms with Gasteiger partial charge >= 0.3 is 0 Å². The number of thioether (sulfide) groups is 1. The van der Waals surface area contributed by atoms with Crippen LogP contribution in [0.4, 0.5) is 8.78 Å². The van der Waals surface area contributed by atoms with Crippen LogP contribution in [0.15, 0.2) is 58.9 Å². The van der Waals surface area contributed by atoms with Gasteiger partial charge in [-0.2, -0.15) is 5.10 Å². The molecule has 1 aromatic carbocycles. The molecule has 1 heterocycles. The average Bonchev–Trinajstić information content (AvgIpc) is 3.03. The largest absolute Gasteiger partial charge is 0.493 e. The van der Waals surface area contributed by atoms with Crippen molar-refractivity contribution in [2.45, 2.75) is 37.0 Å². The first kappa shape index (κ1) is 25.2. The second-order valence-corrected chi connectivity index (χ2v) is 9.68. The quantitative estimate of drug-likeness (QED) is 0.274. The molecule has 0 N–H and O–H groups in total. The van der Waals surface area contributed by atoms with Crippen molar-refractivity contribution in [3.05, 3.63) is 71.0 Å². The molecular formula is C25H31F2N3O2S. The van der Waals surface area contributed by atoms with Gasteiger partial charge in [-0.15, -0.1) is 11.8 Å². The molecule has 0 spiro atoms. The molecule has 0 bridgehead atoms. The summed E-state index contributed by atoms with van der Waals surface area (Å²) in [6, 6.07) is 3.49. The predicted molar refractivity (Wildman–Crippen MR) is 130 cm³/mol. The van der Waals surface area contributed by atoms with E-state index in [1.165, 1.54) is 22.8 Å². The third-order valence-corrected chi connectivity index (χ3v) is 7.23. The molecule has 1 amide bonds. The topological polar surface area (TPSA) is 45.1 Å². The van der Waals surface area contributed by atoms with Crippen molar-refractivity contribution < 1.29 is 18.3 Å². The Labute approximate surface area is 198 Å². The summed E-state index contributed by atoms with van der Waals surface area (Å²) in [5.74, 6) is 0.192. The monoisotopic (exact) mass is 475 g/mol. The third kappa shape index (κ3) is 6.12. The number of benzene rings is 1. The van der Waals surface area contributed by atoms with Gasteiger partial charge in [0.15, 0.2) is 0 Å². The highest BCUT2D eigenvalue weighted by Crippen LogP contribution is 2.47. The summed E-state index contributed by atoms with van der Waals surface area (Å²) in [6.45, 7) is 4.93. The van der Waals surface area contributed by atoms with E-state index in [0.717, 1.165) is 30.0 Å². The number of hydrazone groups is 1. The fourth-order valence-electron chi connectivity index (χ4n) is 4.11. The number of rotatable bonds is 10. The zero-order chi connectivity index (χ0) is 23.8. The maximum atomic E-state index is 14.2. The molecule has 1 aliphatic carbocycles. The summed E-state index contributed by atoms with van der Waals surface area (Å²) in [5, 5.41) is 5.69. The number of nitrogens with zero attached hydrogens (tertiary/aromatic N) is 3. The highest BCUT2D eigenvalue weighted by Gasteiger charge is 2.47. The van der Waals surface area contributed by atoms with Crippen LogP contribution in [0.1, 0.15) is 31.2 Å². The fraction of sp³-hybridized carbons (Fsp3) is 0.440. The van der Waals surface area contributed by atoms with E-state index in [1.807, 2.05) is 43.3 Å². The second kappa shape index (κ2) is 11.6. The van der Waals surface area contributed by atoms with Gasteiger partial charge < -0.3 is 9.64 Å². The van der Waals surface area contributed by atoms with E-state index in [2.05, 4.69) is 11.8 Å². The SMILES string of the molecule is C=NN(C(=O)CCCN(C)C)C1(SCCc2cc(F)ccc2F)CCOC2=C1CC=CC=C2. The van der Waals surface area contributed by atoms with Gasteiger partial charge in [-0.05, 0) is 69.7 Å².